The molecule has 0 amide bonds. The van der Waals surface area contributed by atoms with Gasteiger partial charge in [0.1, 0.15) is 11.3 Å². The molecule has 0 fully saturated rings. The van der Waals surface area contributed by atoms with E-state index < -0.39 is 0 Å². The van der Waals surface area contributed by atoms with E-state index >= 15 is 0 Å². The number of nitrogens with zero attached hydrogens (tertiary/aromatic N) is 1. The molecule has 4 nitrogen and oxygen atoms in total. The molecular weight excluding hydrogens is 663 g/mol. The van der Waals surface area contributed by atoms with Crippen LogP contribution in [-0.2, 0) is 24.9 Å². The van der Waals surface area contributed by atoms with Crippen LogP contribution < -0.4 is 0 Å². The summed E-state index contributed by atoms with van der Waals surface area (Å²) in [4.78, 5) is 14.7. The Labute approximate surface area is 241 Å². The van der Waals surface area contributed by atoms with Gasteiger partial charge in [0.05, 0.1) is 5.76 Å². The molecule has 0 unspecified atom stereocenters. The van der Waals surface area contributed by atoms with Crippen LogP contribution in [0.1, 0.15) is 25.0 Å². The number of rotatable bonds is 3. The van der Waals surface area contributed by atoms with E-state index in [1.165, 1.54) is 52.6 Å². The van der Waals surface area contributed by atoms with Gasteiger partial charge in [-0.05, 0) is 56.3 Å². The van der Waals surface area contributed by atoms with Gasteiger partial charge >= 0.3 is 0 Å². The van der Waals surface area contributed by atoms with Crippen LogP contribution in [0.4, 0.5) is 0 Å². The van der Waals surface area contributed by atoms with Gasteiger partial charge in [0.15, 0.2) is 5.78 Å². The monoisotopic (exact) mass is 691 g/mol. The van der Waals surface area contributed by atoms with E-state index in [1.54, 1.807) is 0 Å². The fraction of sp³-hybridized carbons (Fsp3) is 0.118. The number of fused-ring (bicyclic) bond motifs is 4. The third kappa shape index (κ3) is 5.85. The second kappa shape index (κ2) is 11.8. The number of benzene rings is 4. The van der Waals surface area contributed by atoms with Crippen molar-refractivity contribution in [3.63, 3.8) is 0 Å². The van der Waals surface area contributed by atoms with Crippen molar-refractivity contribution >= 4 is 38.3 Å². The van der Waals surface area contributed by atoms with Crippen molar-refractivity contribution in [2.45, 2.75) is 27.7 Å². The smallest absolute Gasteiger partial charge is 0.155 e. The fourth-order valence-corrected chi connectivity index (χ4v) is 4.86. The van der Waals surface area contributed by atoms with E-state index in [2.05, 4.69) is 97.7 Å². The van der Waals surface area contributed by atoms with Crippen LogP contribution in [0.2, 0.25) is 0 Å². The van der Waals surface area contributed by atoms with Crippen molar-refractivity contribution in [2.75, 3.05) is 0 Å². The second-order valence-corrected chi connectivity index (χ2v) is 9.49. The molecule has 5 heteroatoms. The van der Waals surface area contributed by atoms with Gasteiger partial charge in [0.2, 0.25) is 0 Å². The summed E-state index contributed by atoms with van der Waals surface area (Å²) in [5, 5.41) is 14.3. The molecule has 0 bridgehead atoms. The van der Waals surface area contributed by atoms with Crippen molar-refractivity contribution in [3.8, 4) is 22.6 Å². The van der Waals surface area contributed by atoms with E-state index in [0.717, 1.165) is 33.6 Å². The van der Waals surface area contributed by atoms with Gasteiger partial charge in [-0.3, -0.25) is 4.79 Å². The van der Waals surface area contributed by atoms with E-state index in [4.69, 9.17) is 9.52 Å². The minimum atomic E-state index is -0.125. The van der Waals surface area contributed by atoms with Gasteiger partial charge in [-0.1, -0.05) is 65.4 Å². The molecular formula is C34H28IrNO3-. The van der Waals surface area contributed by atoms with E-state index in [-0.39, 0.29) is 31.6 Å². The Balaban J connectivity index is 0.000000394. The van der Waals surface area contributed by atoms with Crippen LogP contribution in [0.3, 0.4) is 0 Å². The summed E-state index contributed by atoms with van der Waals surface area (Å²) in [6.45, 7) is 7.09. The second-order valence-electron chi connectivity index (χ2n) is 9.49. The summed E-state index contributed by atoms with van der Waals surface area (Å²) in [6, 6.07) is 30.9. The van der Waals surface area contributed by atoms with Gasteiger partial charge in [-0.15, -0.1) is 29.1 Å². The largest absolute Gasteiger partial charge is 0.512 e. The zero-order valence-electron chi connectivity index (χ0n) is 22.2. The summed E-state index contributed by atoms with van der Waals surface area (Å²) in [7, 11) is 0. The molecule has 0 atom stereocenters. The Morgan fingerprint density at radius 1 is 0.872 bits per heavy atom. The topological polar surface area (TPSA) is 63.3 Å². The van der Waals surface area contributed by atoms with E-state index in [1.807, 2.05) is 12.3 Å². The summed E-state index contributed by atoms with van der Waals surface area (Å²) in [5.74, 6) is 0.819. The van der Waals surface area contributed by atoms with Crippen LogP contribution in [0.5, 0.6) is 0 Å². The number of ketones is 1. The van der Waals surface area contributed by atoms with Gasteiger partial charge in [0.25, 0.3) is 0 Å². The summed E-state index contributed by atoms with van der Waals surface area (Å²) >= 11 is 0. The summed E-state index contributed by atoms with van der Waals surface area (Å²) in [5.41, 5.74) is 6.13. The van der Waals surface area contributed by atoms with Gasteiger partial charge in [-0.2, -0.15) is 0 Å². The first kappa shape index (κ1) is 28.0. The number of allylic oxidation sites excluding steroid dienone is 2. The number of furan rings is 1. The van der Waals surface area contributed by atoms with Crippen molar-refractivity contribution < 1.29 is 34.4 Å². The zero-order valence-corrected chi connectivity index (χ0v) is 24.6. The first-order valence-electron chi connectivity index (χ1n) is 12.5. The number of hydrogen-bond acceptors (Lipinski definition) is 4. The van der Waals surface area contributed by atoms with Crippen molar-refractivity contribution in [3.05, 3.63) is 114 Å². The molecule has 197 valence electrons. The number of carbonyl (C=O) groups excluding carboxylic acids is 1. The molecule has 4 aromatic carbocycles. The van der Waals surface area contributed by atoms with E-state index in [0.29, 0.717) is 0 Å². The molecule has 2 heterocycles. The van der Waals surface area contributed by atoms with Crippen LogP contribution in [0.25, 0.3) is 55.1 Å². The Hall–Kier alpha value is -4.05. The van der Waals surface area contributed by atoms with Gasteiger partial charge in [-0.25, -0.2) is 0 Å². The first-order valence-corrected chi connectivity index (χ1v) is 12.5. The first-order chi connectivity index (χ1) is 18.3. The Kier molecular flexibility index (Phi) is 8.44. The standard InChI is InChI=1S/C29H20NO.C5H8O2.Ir/c1-18-6-5-7-19(2)27(18)26-17-23-14-15-30-28(29(23)31-26)22-12-13-25-21(16-22)11-10-20-8-3-4-9-24(20)25;1-4(6)3-5(2)7;/h3-11,13-17H,1-2H3;3,6H,1-2H3;/q-1;;/b;4-3-;. The van der Waals surface area contributed by atoms with Crippen molar-refractivity contribution in [1.82, 2.24) is 4.98 Å². The van der Waals surface area contributed by atoms with Gasteiger partial charge < -0.3 is 14.5 Å². The molecule has 6 aromatic rings. The summed E-state index contributed by atoms with van der Waals surface area (Å²) < 4.78 is 6.40. The third-order valence-electron chi connectivity index (χ3n) is 6.50. The van der Waals surface area contributed by atoms with Crippen molar-refractivity contribution in [1.29, 1.82) is 0 Å². The normalized spacial score (nSPS) is 11.2. The number of carbonyl (C=O) groups is 1. The predicted molar refractivity (Wildman–Crippen MR) is 155 cm³/mol. The fourth-order valence-electron chi connectivity index (χ4n) is 4.86. The predicted octanol–water partition coefficient (Wildman–Crippen LogP) is 8.92. The molecule has 0 saturated heterocycles. The molecule has 39 heavy (non-hydrogen) atoms. The number of hydrogen-bond donors (Lipinski definition) is 1. The Morgan fingerprint density at radius 2 is 1.59 bits per heavy atom. The van der Waals surface area contributed by atoms with Crippen LogP contribution in [-0.4, -0.2) is 15.9 Å². The van der Waals surface area contributed by atoms with Gasteiger partial charge in [0, 0.05) is 49.0 Å². The number of aryl methyl sites for hydroxylation is 2. The number of aliphatic hydroxyl groups is 1. The summed E-state index contributed by atoms with van der Waals surface area (Å²) in [6.07, 6.45) is 3.01. The average Bonchev–Trinajstić information content (AvgIpc) is 3.31. The SMILES string of the molecule is CC(=O)/C=C(/C)O.Cc1cccc(C)c1-c1cc2ccnc(-c3[c-]cc4c(ccc5ccccc54)c3)c2o1.[Ir]. The average molecular weight is 691 g/mol. The number of pyridine rings is 1. The zero-order chi connectivity index (χ0) is 26.8. The maximum atomic E-state index is 10.0. The molecule has 0 aliphatic carbocycles. The van der Waals surface area contributed by atoms with Crippen LogP contribution >= 0.6 is 0 Å². The minimum absolute atomic E-state index is 0. The maximum absolute atomic E-state index is 10.0. The van der Waals surface area contributed by atoms with Crippen LogP contribution in [0.15, 0.2) is 101 Å². The Morgan fingerprint density at radius 3 is 2.28 bits per heavy atom. The van der Waals surface area contributed by atoms with Crippen molar-refractivity contribution in [2.24, 2.45) is 0 Å². The molecule has 6 rings (SSSR count). The molecule has 0 aliphatic heterocycles. The quantitative estimate of drug-likeness (QED) is 0.0872. The molecule has 1 radical (unpaired) electrons. The minimum Gasteiger partial charge on any atom is -0.512 e. The van der Waals surface area contributed by atoms with Crippen LogP contribution in [0, 0.1) is 19.9 Å². The molecule has 0 saturated carbocycles. The maximum Gasteiger partial charge on any atom is 0.155 e. The number of aliphatic hydroxyl groups excluding tert-OH is 1. The molecule has 0 aliphatic rings. The molecule has 0 spiro atoms. The van der Waals surface area contributed by atoms with E-state index in [9.17, 15) is 4.79 Å². The number of aromatic nitrogens is 1. The third-order valence-corrected chi connectivity index (χ3v) is 6.50. The molecule has 2 aromatic heterocycles. The Bertz CT molecular complexity index is 1820. The molecule has 1 N–H and O–H groups in total.